The Bertz CT molecular complexity index is 689. The molecule has 0 aliphatic rings. The summed E-state index contributed by atoms with van der Waals surface area (Å²) in [5.41, 5.74) is 2.67. The molecule has 0 amide bonds. The fourth-order valence-corrected chi connectivity index (χ4v) is 2.90. The van der Waals surface area contributed by atoms with Crippen molar-refractivity contribution in [3.8, 4) is 6.07 Å². The molecule has 0 N–H and O–H groups in total. The molecule has 0 spiro atoms. The molecule has 0 radical (unpaired) electrons. The van der Waals surface area contributed by atoms with Gasteiger partial charge in [0.2, 0.25) is 0 Å². The zero-order valence-corrected chi connectivity index (χ0v) is 12.4. The van der Waals surface area contributed by atoms with Gasteiger partial charge in [0.1, 0.15) is 6.07 Å². The summed E-state index contributed by atoms with van der Waals surface area (Å²) in [6, 6.07) is 8.47. The average Bonchev–Trinajstić information content (AvgIpc) is 2.76. The van der Waals surface area contributed by atoms with E-state index in [1.165, 1.54) is 0 Å². The maximum atomic E-state index is 9.35. The van der Waals surface area contributed by atoms with Crippen molar-refractivity contribution in [1.82, 2.24) is 4.57 Å². The van der Waals surface area contributed by atoms with Gasteiger partial charge in [-0.25, -0.2) is 0 Å². The van der Waals surface area contributed by atoms with Crippen molar-refractivity contribution in [3.63, 3.8) is 0 Å². The van der Waals surface area contributed by atoms with E-state index in [9.17, 15) is 5.26 Å². The first kappa shape index (κ1) is 13.6. The Hall–Kier alpha value is -1.79. The number of aromatic nitrogens is 1. The first-order valence-corrected chi connectivity index (χ1v) is 6.89. The van der Waals surface area contributed by atoms with E-state index in [-0.39, 0.29) is 6.04 Å². The second-order valence-corrected chi connectivity index (χ2v) is 5.44. The number of hydrogen-bond donors (Lipinski definition) is 0. The molecule has 0 bridgehead atoms. The number of halogens is 1. The van der Waals surface area contributed by atoms with Gasteiger partial charge >= 0.3 is 0 Å². The molecule has 1 aromatic heterocycles. The average molecular weight is 315 g/mol. The number of allylic oxidation sites excluding steroid dienone is 1. The smallest absolute Gasteiger partial charge is 0.101 e. The lowest BCUT2D eigenvalue weighted by molar-refractivity contribution is 0.570. The molecular formula is C16H15BrN2. The first-order valence-electron chi connectivity index (χ1n) is 6.10. The first-order chi connectivity index (χ1) is 9.12. The second-order valence-electron chi connectivity index (χ2n) is 4.52. The van der Waals surface area contributed by atoms with E-state index >= 15 is 0 Å². The highest BCUT2D eigenvalue weighted by molar-refractivity contribution is 9.10. The van der Waals surface area contributed by atoms with Crippen LogP contribution in [0.3, 0.4) is 0 Å². The minimum Gasteiger partial charge on any atom is -0.337 e. The summed E-state index contributed by atoms with van der Waals surface area (Å²) in [6.45, 7) is 9.78. The van der Waals surface area contributed by atoms with Crippen LogP contribution in [0.25, 0.3) is 17.0 Å². The maximum absolute atomic E-state index is 9.35. The molecule has 19 heavy (non-hydrogen) atoms. The molecule has 0 saturated carbocycles. The fraction of sp³-hybridized carbons (Fsp3) is 0.188. The Balaban J connectivity index is 2.83. The van der Waals surface area contributed by atoms with Crippen LogP contribution in [0, 0.1) is 11.3 Å². The van der Waals surface area contributed by atoms with Gasteiger partial charge in [0.15, 0.2) is 0 Å². The van der Waals surface area contributed by atoms with Crippen molar-refractivity contribution < 1.29 is 0 Å². The molecule has 2 rings (SSSR count). The van der Waals surface area contributed by atoms with Gasteiger partial charge in [0.05, 0.1) is 11.1 Å². The zero-order chi connectivity index (χ0) is 14.0. The van der Waals surface area contributed by atoms with Crippen LogP contribution < -0.4 is 0 Å². The lowest BCUT2D eigenvalue weighted by atomic mass is 10.1. The van der Waals surface area contributed by atoms with E-state index in [0.29, 0.717) is 5.56 Å². The molecule has 1 aromatic carbocycles. The van der Waals surface area contributed by atoms with Crippen LogP contribution in [-0.4, -0.2) is 4.57 Å². The van der Waals surface area contributed by atoms with Gasteiger partial charge < -0.3 is 4.57 Å². The Morgan fingerprint density at radius 1 is 1.42 bits per heavy atom. The largest absolute Gasteiger partial charge is 0.337 e. The van der Waals surface area contributed by atoms with Crippen LogP contribution in [0.15, 0.2) is 41.9 Å². The summed E-state index contributed by atoms with van der Waals surface area (Å²) in [6.07, 6.45) is 4.58. The monoisotopic (exact) mass is 314 g/mol. The molecule has 96 valence electrons. The lowest BCUT2D eigenvalue weighted by Crippen LogP contribution is -2.06. The van der Waals surface area contributed by atoms with Gasteiger partial charge in [-0.15, -0.1) is 6.58 Å². The van der Waals surface area contributed by atoms with Crippen molar-refractivity contribution in [1.29, 1.82) is 5.26 Å². The van der Waals surface area contributed by atoms with Crippen molar-refractivity contribution in [2.24, 2.45) is 0 Å². The molecule has 1 heterocycles. The molecule has 0 saturated heterocycles. The fourth-order valence-electron chi connectivity index (χ4n) is 2.42. The SMILES string of the molecule is C=CC[C@H](C)n1c(C=C)cc2cc(Br)cc(C#N)c21. The second kappa shape index (κ2) is 5.46. The molecule has 2 nitrogen and oxygen atoms in total. The van der Waals surface area contributed by atoms with Crippen molar-refractivity contribution in [2.45, 2.75) is 19.4 Å². The molecule has 0 fully saturated rings. The Morgan fingerprint density at radius 3 is 2.74 bits per heavy atom. The quantitative estimate of drug-likeness (QED) is 0.725. The predicted octanol–water partition coefficient (Wildman–Crippen LogP) is 5.06. The summed E-state index contributed by atoms with van der Waals surface area (Å²) < 4.78 is 3.08. The van der Waals surface area contributed by atoms with E-state index in [0.717, 1.165) is 27.5 Å². The van der Waals surface area contributed by atoms with Gasteiger partial charge in [-0.3, -0.25) is 0 Å². The molecule has 1 atom stereocenters. The number of hydrogen-bond acceptors (Lipinski definition) is 1. The Labute approximate surface area is 121 Å². The third-order valence-electron chi connectivity index (χ3n) is 3.20. The molecule has 0 unspecified atom stereocenters. The van der Waals surface area contributed by atoms with Crippen LogP contribution in [0.5, 0.6) is 0 Å². The molecule has 0 aliphatic carbocycles. The van der Waals surface area contributed by atoms with E-state index in [1.807, 2.05) is 24.3 Å². The van der Waals surface area contributed by atoms with Gasteiger partial charge in [-0.05, 0) is 37.6 Å². The summed E-state index contributed by atoms with van der Waals surface area (Å²) in [5, 5.41) is 10.4. The molecule has 0 aliphatic heterocycles. The van der Waals surface area contributed by atoms with E-state index < -0.39 is 0 Å². The standard InChI is InChI=1S/C16H15BrN2/c1-4-6-11(3)19-15(5-2)9-12-7-14(17)8-13(10-18)16(12)19/h4-5,7-9,11H,1-2,6H2,3H3/t11-/m0/s1. The Morgan fingerprint density at radius 2 is 2.16 bits per heavy atom. The highest BCUT2D eigenvalue weighted by Crippen LogP contribution is 2.31. The van der Waals surface area contributed by atoms with Crippen LogP contribution in [-0.2, 0) is 0 Å². The highest BCUT2D eigenvalue weighted by Gasteiger charge is 2.15. The number of nitrogens with zero attached hydrogens (tertiary/aromatic N) is 2. The van der Waals surface area contributed by atoms with Crippen molar-refractivity contribution >= 4 is 32.9 Å². The summed E-state index contributed by atoms with van der Waals surface area (Å²) >= 11 is 3.45. The van der Waals surface area contributed by atoms with Crippen molar-refractivity contribution in [3.05, 3.63) is 53.2 Å². The van der Waals surface area contributed by atoms with E-state index in [2.05, 4.69) is 52.7 Å². The van der Waals surface area contributed by atoms with E-state index in [1.54, 1.807) is 0 Å². The van der Waals surface area contributed by atoms with Crippen LogP contribution >= 0.6 is 15.9 Å². The van der Waals surface area contributed by atoms with Gasteiger partial charge in [0.25, 0.3) is 0 Å². The topological polar surface area (TPSA) is 28.7 Å². The summed E-state index contributed by atoms with van der Waals surface area (Å²) in [7, 11) is 0. The summed E-state index contributed by atoms with van der Waals surface area (Å²) in [4.78, 5) is 0. The summed E-state index contributed by atoms with van der Waals surface area (Å²) in [5.74, 6) is 0. The minimum absolute atomic E-state index is 0.247. The van der Waals surface area contributed by atoms with Crippen molar-refractivity contribution in [2.75, 3.05) is 0 Å². The third-order valence-corrected chi connectivity index (χ3v) is 3.66. The van der Waals surface area contributed by atoms with E-state index in [4.69, 9.17) is 0 Å². The Kier molecular flexibility index (Phi) is 3.92. The third kappa shape index (κ3) is 2.36. The van der Waals surface area contributed by atoms with Gasteiger partial charge in [-0.1, -0.05) is 28.6 Å². The number of fused-ring (bicyclic) bond motifs is 1. The zero-order valence-electron chi connectivity index (χ0n) is 10.9. The molecule has 2 aromatic rings. The molecular weight excluding hydrogens is 300 g/mol. The van der Waals surface area contributed by atoms with Crippen LogP contribution in [0.2, 0.25) is 0 Å². The number of nitriles is 1. The number of benzene rings is 1. The van der Waals surface area contributed by atoms with Crippen LogP contribution in [0.1, 0.15) is 30.6 Å². The van der Waals surface area contributed by atoms with Crippen LogP contribution in [0.4, 0.5) is 0 Å². The van der Waals surface area contributed by atoms with Gasteiger partial charge in [-0.2, -0.15) is 5.26 Å². The number of rotatable bonds is 4. The highest BCUT2D eigenvalue weighted by atomic mass is 79.9. The maximum Gasteiger partial charge on any atom is 0.101 e. The normalized spacial score (nSPS) is 12.1. The van der Waals surface area contributed by atoms with Gasteiger partial charge in [0, 0.05) is 21.6 Å². The predicted molar refractivity (Wildman–Crippen MR) is 84.0 cm³/mol. The lowest BCUT2D eigenvalue weighted by Gasteiger charge is -2.16. The molecule has 3 heteroatoms. The minimum atomic E-state index is 0.247.